The van der Waals surface area contributed by atoms with Crippen molar-refractivity contribution in [2.24, 2.45) is 0 Å². The van der Waals surface area contributed by atoms with Crippen molar-refractivity contribution in [2.45, 2.75) is 6.61 Å². The number of amides is 1. The molecule has 0 atom stereocenters. The average Bonchev–Trinajstić information content (AvgIpc) is 3.03. The molecule has 142 valence electrons. The molecule has 0 spiro atoms. The van der Waals surface area contributed by atoms with Crippen LogP contribution in [0.25, 0.3) is 10.1 Å². The molecule has 1 N–H and O–H groups in total. The lowest BCUT2D eigenvalue weighted by atomic mass is 10.1. The normalized spacial score (nSPS) is 10.9. The number of hydrogen-bond donors (Lipinski definition) is 1. The van der Waals surface area contributed by atoms with Gasteiger partial charge in [-0.15, -0.1) is 11.3 Å². The predicted octanol–water partition coefficient (Wildman–Crippen LogP) is 5.11. The van der Waals surface area contributed by atoms with E-state index in [1.807, 2.05) is 0 Å². The summed E-state index contributed by atoms with van der Waals surface area (Å²) in [7, 11) is 4.48. The number of rotatable bonds is 6. The number of benzene rings is 2. The maximum Gasteiger partial charge on any atom is 0.266 e. The first kappa shape index (κ1) is 19.4. The van der Waals surface area contributed by atoms with Crippen molar-refractivity contribution in [3.05, 3.63) is 51.6 Å². The molecule has 0 aliphatic heterocycles. The third kappa shape index (κ3) is 3.71. The topological polar surface area (TPSA) is 56.8 Å². The molecule has 0 saturated carbocycles. The van der Waals surface area contributed by atoms with Crippen molar-refractivity contribution in [1.82, 2.24) is 0 Å². The van der Waals surface area contributed by atoms with Crippen molar-refractivity contribution < 1.29 is 23.4 Å². The largest absolute Gasteiger partial charge is 0.493 e. The fourth-order valence-electron chi connectivity index (χ4n) is 2.76. The Labute approximate surface area is 164 Å². The second-order valence-corrected chi connectivity index (χ2v) is 7.06. The first-order valence-electron chi connectivity index (χ1n) is 7.91. The maximum absolute atomic E-state index is 14.3. The Morgan fingerprint density at radius 2 is 1.89 bits per heavy atom. The van der Waals surface area contributed by atoms with Crippen molar-refractivity contribution in [1.29, 1.82) is 0 Å². The minimum absolute atomic E-state index is 0.114. The molecule has 1 heterocycles. The van der Waals surface area contributed by atoms with Crippen molar-refractivity contribution >= 4 is 44.6 Å². The summed E-state index contributed by atoms with van der Waals surface area (Å²) in [6.07, 6.45) is 0. The van der Waals surface area contributed by atoms with Crippen LogP contribution in [0.4, 0.5) is 10.1 Å². The van der Waals surface area contributed by atoms with Gasteiger partial charge in [0.05, 0.1) is 36.4 Å². The van der Waals surface area contributed by atoms with E-state index in [1.165, 1.54) is 38.7 Å². The van der Waals surface area contributed by atoms with Gasteiger partial charge in [0.15, 0.2) is 11.5 Å². The average molecular weight is 410 g/mol. The zero-order valence-electron chi connectivity index (χ0n) is 14.9. The van der Waals surface area contributed by atoms with Gasteiger partial charge in [0, 0.05) is 34.9 Å². The molecule has 1 aromatic heterocycles. The Bertz CT molecular complexity index is 1010. The van der Waals surface area contributed by atoms with Gasteiger partial charge in [0.1, 0.15) is 5.82 Å². The Hall–Kier alpha value is -2.35. The molecule has 0 fully saturated rings. The van der Waals surface area contributed by atoms with E-state index in [1.54, 1.807) is 24.3 Å². The highest BCUT2D eigenvalue weighted by Crippen LogP contribution is 2.38. The number of thiophene rings is 1. The number of carbonyl (C=O) groups is 1. The lowest BCUT2D eigenvalue weighted by Gasteiger charge is -2.12. The number of halogens is 2. The summed E-state index contributed by atoms with van der Waals surface area (Å²) in [4.78, 5) is 13.3. The van der Waals surface area contributed by atoms with Crippen LogP contribution in [0.5, 0.6) is 11.5 Å². The molecule has 3 rings (SSSR count). The Morgan fingerprint density at radius 1 is 1.19 bits per heavy atom. The van der Waals surface area contributed by atoms with Gasteiger partial charge >= 0.3 is 0 Å². The lowest BCUT2D eigenvalue weighted by molar-refractivity contribution is 0.102. The highest BCUT2D eigenvalue weighted by molar-refractivity contribution is 7.21. The van der Waals surface area contributed by atoms with Crippen LogP contribution < -0.4 is 14.8 Å². The highest BCUT2D eigenvalue weighted by Gasteiger charge is 2.22. The van der Waals surface area contributed by atoms with Crippen LogP contribution in [0, 0.1) is 5.82 Å². The first-order chi connectivity index (χ1) is 13.0. The second kappa shape index (κ2) is 8.12. The summed E-state index contributed by atoms with van der Waals surface area (Å²) in [6.45, 7) is 0.114. The number of hydrogen-bond acceptors (Lipinski definition) is 5. The lowest BCUT2D eigenvalue weighted by Crippen LogP contribution is -2.13. The number of ether oxygens (including phenoxy) is 3. The SMILES string of the molecule is COCc1c(C(=O)Nc2cc(OC)c(OC)cc2Cl)sc2cccc(F)c12. The van der Waals surface area contributed by atoms with Crippen LogP contribution in [0.2, 0.25) is 5.02 Å². The van der Waals surface area contributed by atoms with E-state index >= 15 is 0 Å². The van der Waals surface area contributed by atoms with Gasteiger partial charge < -0.3 is 19.5 Å². The number of methoxy groups -OCH3 is 3. The van der Waals surface area contributed by atoms with Gasteiger partial charge in [0.2, 0.25) is 0 Å². The first-order valence-corrected chi connectivity index (χ1v) is 9.11. The molecule has 2 aromatic carbocycles. The van der Waals surface area contributed by atoms with Gasteiger partial charge in [-0.25, -0.2) is 4.39 Å². The molecule has 0 bridgehead atoms. The molecule has 5 nitrogen and oxygen atoms in total. The van der Waals surface area contributed by atoms with E-state index in [2.05, 4.69) is 5.32 Å². The fraction of sp³-hybridized carbons (Fsp3) is 0.211. The fourth-order valence-corrected chi connectivity index (χ4v) is 4.08. The monoisotopic (exact) mass is 409 g/mol. The molecular weight excluding hydrogens is 393 g/mol. The Morgan fingerprint density at radius 3 is 2.56 bits per heavy atom. The van der Waals surface area contributed by atoms with Crippen LogP contribution in [-0.2, 0) is 11.3 Å². The molecule has 0 aliphatic carbocycles. The minimum Gasteiger partial charge on any atom is -0.493 e. The van der Waals surface area contributed by atoms with E-state index in [4.69, 9.17) is 25.8 Å². The maximum atomic E-state index is 14.3. The smallest absolute Gasteiger partial charge is 0.266 e. The summed E-state index contributed by atoms with van der Waals surface area (Å²) in [6, 6.07) is 7.86. The van der Waals surface area contributed by atoms with Crippen molar-refractivity contribution in [3.8, 4) is 11.5 Å². The van der Waals surface area contributed by atoms with Gasteiger partial charge in [-0.3, -0.25) is 4.79 Å². The standard InChI is InChI=1S/C19H17ClFNO4S/c1-24-9-10-17-12(21)5-4-6-16(17)27-18(10)19(23)22-13-8-15(26-3)14(25-2)7-11(13)20/h4-8H,9H2,1-3H3,(H,22,23). The van der Waals surface area contributed by atoms with Crippen LogP contribution in [0.15, 0.2) is 30.3 Å². The number of carbonyl (C=O) groups excluding carboxylic acids is 1. The molecule has 0 unspecified atom stereocenters. The van der Waals surface area contributed by atoms with Gasteiger partial charge in [-0.1, -0.05) is 17.7 Å². The quantitative estimate of drug-likeness (QED) is 0.614. The van der Waals surface area contributed by atoms with E-state index in [0.29, 0.717) is 42.7 Å². The van der Waals surface area contributed by atoms with Gasteiger partial charge in [0.25, 0.3) is 5.91 Å². The number of anilines is 1. The summed E-state index contributed by atoms with van der Waals surface area (Å²) < 4.78 is 30.6. The molecule has 27 heavy (non-hydrogen) atoms. The van der Waals surface area contributed by atoms with Crippen LogP contribution in [-0.4, -0.2) is 27.2 Å². The highest BCUT2D eigenvalue weighted by atomic mass is 35.5. The summed E-state index contributed by atoms with van der Waals surface area (Å²) in [5.41, 5.74) is 0.866. The Balaban J connectivity index is 2.02. The minimum atomic E-state index is -0.406. The van der Waals surface area contributed by atoms with Crippen molar-refractivity contribution in [2.75, 3.05) is 26.6 Å². The molecule has 0 radical (unpaired) electrons. The van der Waals surface area contributed by atoms with E-state index in [-0.39, 0.29) is 12.4 Å². The predicted molar refractivity (Wildman–Crippen MR) is 105 cm³/mol. The summed E-state index contributed by atoms with van der Waals surface area (Å²) >= 11 is 7.44. The molecule has 1 amide bonds. The van der Waals surface area contributed by atoms with Gasteiger partial charge in [-0.2, -0.15) is 0 Å². The van der Waals surface area contributed by atoms with Crippen LogP contribution >= 0.6 is 22.9 Å². The Kier molecular flexibility index (Phi) is 5.84. The number of nitrogens with one attached hydrogen (secondary N) is 1. The zero-order valence-corrected chi connectivity index (χ0v) is 16.5. The molecule has 0 saturated heterocycles. The zero-order chi connectivity index (χ0) is 19.6. The second-order valence-electron chi connectivity index (χ2n) is 5.60. The van der Waals surface area contributed by atoms with E-state index in [0.717, 1.165) is 0 Å². The van der Waals surface area contributed by atoms with Gasteiger partial charge in [-0.05, 0) is 12.1 Å². The molecule has 3 aromatic rings. The van der Waals surface area contributed by atoms with Crippen LogP contribution in [0.1, 0.15) is 15.2 Å². The van der Waals surface area contributed by atoms with E-state index in [9.17, 15) is 9.18 Å². The van der Waals surface area contributed by atoms with E-state index < -0.39 is 5.91 Å². The van der Waals surface area contributed by atoms with Crippen molar-refractivity contribution in [3.63, 3.8) is 0 Å². The molecule has 8 heteroatoms. The number of fused-ring (bicyclic) bond motifs is 1. The molecule has 0 aliphatic rings. The summed E-state index contributed by atoms with van der Waals surface area (Å²) in [5.74, 6) is 0.0805. The molecular formula is C19H17ClFNO4S. The van der Waals surface area contributed by atoms with Crippen LogP contribution in [0.3, 0.4) is 0 Å². The summed E-state index contributed by atoms with van der Waals surface area (Å²) in [5, 5.41) is 3.45. The third-order valence-corrected chi connectivity index (χ3v) is 5.49. The third-order valence-electron chi connectivity index (χ3n) is 3.98.